The van der Waals surface area contributed by atoms with Gasteiger partial charge in [0, 0.05) is 43.0 Å². The maximum absolute atomic E-state index is 14.0. The first kappa shape index (κ1) is 41.7. The third-order valence-electron chi connectivity index (χ3n) is 8.40. The quantitative estimate of drug-likeness (QED) is 0.0908. The summed E-state index contributed by atoms with van der Waals surface area (Å²) in [6.45, 7) is 13.8. The number of hydrogen-bond acceptors (Lipinski definition) is 7. The molecule has 0 fully saturated rings. The monoisotopic (exact) mass is 696 g/mol. The predicted molar refractivity (Wildman–Crippen MR) is 191 cm³/mol. The molecule has 13 nitrogen and oxygen atoms in total. The second-order valence-corrected chi connectivity index (χ2v) is 13.5. The average molecular weight is 697 g/mol. The molecule has 1 aromatic carbocycles. The zero-order valence-corrected chi connectivity index (χ0v) is 30.9. The molecule has 3 unspecified atom stereocenters. The zero-order chi connectivity index (χ0) is 37.4. The first-order chi connectivity index (χ1) is 23.7. The van der Waals surface area contributed by atoms with Gasteiger partial charge in [-0.1, -0.05) is 71.4 Å². The molecule has 50 heavy (non-hydrogen) atoms. The van der Waals surface area contributed by atoms with Crippen LogP contribution in [0.3, 0.4) is 0 Å². The van der Waals surface area contributed by atoms with Crippen molar-refractivity contribution in [2.75, 3.05) is 20.1 Å². The van der Waals surface area contributed by atoms with E-state index in [4.69, 9.17) is 0 Å². The van der Waals surface area contributed by atoms with E-state index in [1.807, 2.05) is 71.9 Å². The van der Waals surface area contributed by atoms with Crippen LogP contribution in [0.25, 0.3) is 0 Å². The lowest BCUT2D eigenvalue weighted by atomic mass is 10.00. The SMILES string of the molecule is CCC[C@@H](C(=O)NC(CN[C@@H](C)C(=O)NC(C(=O)NCC)C(C)C)Cc1ccccc1)N(C)C(=O)C(CC(C)C)NC(=O)c1cc[n+](O)cc1. The Morgan fingerprint density at radius 1 is 0.840 bits per heavy atom. The van der Waals surface area contributed by atoms with Crippen LogP contribution >= 0.6 is 0 Å². The number of nitrogens with zero attached hydrogens (tertiary/aromatic N) is 2. The van der Waals surface area contributed by atoms with Gasteiger partial charge < -0.3 is 31.5 Å². The summed E-state index contributed by atoms with van der Waals surface area (Å²) in [4.78, 5) is 68.0. The Hall–Kier alpha value is -4.52. The van der Waals surface area contributed by atoms with Crippen molar-refractivity contribution in [1.29, 1.82) is 0 Å². The molecule has 276 valence electrons. The molecule has 5 amide bonds. The molecular weight excluding hydrogens is 638 g/mol. The lowest BCUT2D eigenvalue weighted by molar-refractivity contribution is -0.904. The van der Waals surface area contributed by atoms with Gasteiger partial charge >= 0.3 is 0 Å². The van der Waals surface area contributed by atoms with Crippen LogP contribution in [0.2, 0.25) is 0 Å². The van der Waals surface area contributed by atoms with Crippen LogP contribution in [-0.2, 0) is 25.6 Å². The topological polar surface area (TPSA) is 173 Å². The van der Waals surface area contributed by atoms with Gasteiger partial charge in [0.1, 0.15) is 18.1 Å². The summed E-state index contributed by atoms with van der Waals surface area (Å²) in [5, 5.41) is 24.3. The van der Waals surface area contributed by atoms with Crippen molar-refractivity contribution in [2.24, 2.45) is 11.8 Å². The van der Waals surface area contributed by atoms with Gasteiger partial charge in [-0.25, -0.2) is 0 Å². The number of aromatic nitrogens is 1. The third-order valence-corrected chi connectivity index (χ3v) is 8.40. The Labute approximate surface area is 296 Å². The first-order valence-corrected chi connectivity index (χ1v) is 17.6. The molecule has 0 aliphatic heterocycles. The number of nitrogens with one attached hydrogen (secondary N) is 5. The van der Waals surface area contributed by atoms with Gasteiger partial charge in [0.15, 0.2) is 0 Å². The zero-order valence-electron chi connectivity index (χ0n) is 30.9. The molecule has 6 N–H and O–H groups in total. The van der Waals surface area contributed by atoms with E-state index in [2.05, 4.69) is 26.6 Å². The molecule has 1 aromatic heterocycles. The van der Waals surface area contributed by atoms with Gasteiger partial charge in [-0.05, 0) is 50.5 Å². The second kappa shape index (κ2) is 20.9. The van der Waals surface area contributed by atoms with Gasteiger partial charge in [0.25, 0.3) is 5.91 Å². The normalized spacial score (nSPS) is 14.2. The van der Waals surface area contributed by atoms with E-state index in [1.165, 1.54) is 29.4 Å². The van der Waals surface area contributed by atoms with Crippen molar-refractivity contribution in [1.82, 2.24) is 31.5 Å². The van der Waals surface area contributed by atoms with Crippen molar-refractivity contribution < 1.29 is 33.9 Å². The molecule has 0 radical (unpaired) electrons. The van der Waals surface area contributed by atoms with E-state index in [0.717, 1.165) is 10.3 Å². The van der Waals surface area contributed by atoms with Crippen LogP contribution in [0, 0.1) is 11.8 Å². The third kappa shape index (κ3) is 13.4. The Morgan fingerprint density at radius 2 is 1.48 bits per heavy atom. The molecule has 0 saturated carbocycles. The van der Waals surface area contributed by atoms with Crippen LogP contribution in [-0.4, -0.2) is 90.0 Å². The van der Waals surface area contributed by atoms with Crippen LogP contribution in [0.1, 0.15) is 83.7 Å². The summed E-state index contributed by atoms with van der Waals surface area (Å²) in [5.74, 6) is -1.81. The maximum Gasteiger partial charge on any atom is 0.252 e. The van der Waals surface area contributed by atoms with Crippen LogP contribution in [0.4, 0.5) is 0 Å². The minimum atomic E-state index is -0.878. The van der Waals surface area contributed by atoms with Crippen LogP contribution < -0.4 is 31.3 Å². The highest BCUT2D eigenvalue weighted by Crippen LogP contribution is 2.14. The van der Waals surface area contributed by atoms with Crippen molar-refractivity contribution in [3.8, 4) is 0 Å². The molecule has 0 aliphatic rings. The fourth-order valence-corrected chi connectivity index (χ4v) is 5.56. The Balaban J connectivity index is 2.23. The van der Waals surface area contributed by atoms with Crippen molar-refractivity contribution in [3.63, 3.8) is 0 Å². The fraction of sp³-hybridized carbons (Fsp3) is 0.568. The van der Waals surface area contributed by atoms with Crippen molar-refractivity contribution in [2.45, 2.75) is 104 Å². The smallest absolute Gasteiger partial charge is 0.252 e. The average Bonchev–Trinajstić information content (AvgIpc) is 3.07. The van der Waals surface area contributed by atoms with Gasteiger partial charge in [0.2, 0.25) is 36.0 Å². The molecule has 0 saturated heterocycles. The number of benzene rings is 1. The van der Waals surface area contributed by atoms with Crippen LogP contribution in [0.5, 0.6) is 0 Å². The van der Waals surface area contributed by atoms with Gasteiger partial charge in [-0.15, -0.1) is 0 Å². The van der Waals surface area contributed by atoms with Crippen LogP contribution in [0.15, 0.2) is 54.9 Å². The van der Waals surface area contributed by atoms with E-state index in [9.17, 15) is 29.2 Å². The highest BCUT2D eigenvalue weighted by molar-refractivity contribution is 5.98. The number of carbonyl (C=O) groups excluding carboxylic acids is 5. The molecule has 5 atom stereocenters. The van der Waals surface area contributed by atoms with E-state index in [1.54, 1.807) is 14.0 Å². The molecule has 13 heteroatoms. The number of pyridine rings is 1. The molecule has 2 aromatic rings. The standard InChI is InChI=1S/C37H57N7O6/c1-9-14-31(43(8)37(49)30(21-24(3)4)41-34(46)28-17-19-44(50)20-18-28)35(47)40-29(22-27-15-12-11-13-16-27)23-39-26(7)33(45)42-32(25(5)6)36(48)38-10-2/h11-13,15-20,24-26,29-32,39H,9-10,14,21-23H2,1-8H3,(H4-,38,40,41,42,45,46,47,48,50)/p+1/t26-,29?,30?,31-,32?/m0/s1. The molecule has 1 heterocycles. The highest BCUT2D eigenvalue weighted by Gasteiger charge is 2.33. The lowest BCUT2D eigenvalue weighted by Gasteiger charge is -2.33. The van der Waals surface area contributed by atoms with Gasteiger partial charge in [0.05, 0.1) is 11.6 Å². The van der Waals surface area contributed by atoms with E-state index in [-0.39, 0.29) is 47.6 Å². The predicted octanol–water partition coefficient (Wildman–Crippen LogP) is 1.97. The number of amides is 5. The van der Waals surface area contributed by atoms with Crippen molar-refractivity contribution in [3.05, 3.63) is 66.0 Å². The summed E-state index contributed by atoms with van der Waals surface area (Å²) in [6, 6.07) is 9.07. The van der Waals surface area contributed by atoms with E-state index >= 15 is 0 Å². The van der Waals surface area contributed by atoms with Gasteiger partial charge in [-0.3, -0.25) is 29.2 Å². The summed E-state index contributed by atoms with van der Waals surface area (Å²) in [7, 11) is 1.58. The summed E-state index contributed by atoms with van der Waals surface area (Å²) in [6.07, 6.45) is 4.50. The number of carbonyl (C=O) groups is 5. The fourth-order valence-electron chi connectivity index (χ4n) is 5.56. The number of likely N-dealkylation sites (N-methyl/N-ethyl adjacent to an activating group) is 2. The van der Waals surface area contributed by atoms with E-state index in [0.29, 0.717) is 32.2 Å². The van der Waals surface area contributed by atoms with Gasteiger partial charge in [-0.2, -0.15) is 0 Å². The van der Waals surface area contributed by atoms with Crippen molar-refractivity contribution >= 4 is 29.5 Å². The lowest BCUT2D eigenvalue weighted by Crippen LogP contribution is -2.58. The Bertz CT molecular complexity index is 1390. The first-order valence-electron chi connectivity index (χ1n) is 17.6. The second-order valence-electron chi connectivity index (χ2n) is 13.5. The maximum atomic E-state index is 14.0. The summed E-state index contributed by atoms with van der Waals surface area (Å²) in [5.41, 5.74) is 1.27. The molecule has 0 spiro atoms. The Morgan fingerprint density at radius 3 is 2.04 bits per heavy atom. The largest absolute Gasteiger partial charge is 0.355 e. The minimum Gasteiger partial charge on any atom is -0.355 e. The molecule has 0 bridgehead atoms. The number of hydrogen-bond donors (Lipinski definition) is 6. The molecule has 2 rings (SSSR count). The molecular formula is C37H58N7O6+. The summed E-state index contributed by atoms with van der Waals surface area (Å²) < 4.78 is 0.821. The summed E-state index contributed by atoms with van der Waals surface area (Å²) >= 11 is 0. The minimum absolute atomic E-state index is 0.0730. The van der Waals surface area contributed by atoms with E-state index < -0.39 is 36.1 Å². The highest BCUT2D eigenvalue weighted by atomic mass is 16.5. The number of rotatable bonds is 20. The molecule has 0 aliphatic carbocycles. The Kier molecular flexibility index (Phi) is 17.4.